The van der Waals surface area contributed by atoms with Crippen molar-refractivity contribution in [2.45, 2.75) is 38.5 Å². The summed E-state index contributed by atoms with van der Waals surface area (Å²) in [6.07, 6.45) is 8.97. The van der Waals surface area contributed by atoms with Crippen molar-refractivity contribution in [3.05, 3.63) is 47.3 Å². The molecule has 0 saturated heterocycles. The molecule has 0 amide bonds. The Hall–Kier alpha value is -1.62. The molecule has 18 heavy (non-hydrogen) atoms. The quantitative estimate of drug-likeness (QED) is 0.699. The van der Waals surface area contributed by atoms with Gasteiger partial charge in [-0.25, -0.2) is 4.39 Å². The molecule has 1 nitrogen and oxygen atoms in total. The summed E-state index contributed by atoms with van der Waals surface area (Å²) < 4.78 is 13.6. The van der Waals surface area contributed by atoms with Gasteiger partial charge in [-0.3, -0.25) is 0 Å². The molecule has 1 aromatic rings. The first-order valence-electron chi connectivity index (χ1n) is 6.57. The molecule has 0 bridgehead atoms. The highest BCUT2D eigenvalue weighted by molar-refractivity contribution is 5.34. The van der Waals surface area contributed by atoms with Crippen LogP contribution in [0.5, 0.6) is 0 Å². The SMILES string of the molecule is CC=CC1CCC(c2ccc(C#N)c(F)c2)CC1. The second kappa shape index (κ2) is 5.82. The number of hydrogen-bond acceptors (Lipinski definition) is 1. The molecule has 1 saturated carbocycles. The average Bonchev–Trinajstić information content (AvgIpc) is 2.40. The van der Waals surface area contributed by atoms with Crippen LogP contribution in [0.4, 0.5) is 4.39 Å². The van der Waals surface area contributed by atoms with Crippen LogP contribution in [0.25, 0.3) is 0 Å². The lowest BCUT2D eigenvalue weighted by Gasteiger charge is -2.27. The van der Waals surface area contributed by atoms with E-state index in [0.717, 1.165) is 18.4 Å². The van der Waals surface area contributed by atoms with Crippen LogP contribution in [0.2, 0.25) is 0 Å². The van der Waals surface area contributed by atoms with E-state index in [4.69, 9.17) is 5.26 Å². The third-order valence-corrected chi connectivity index (χ3v) is 3.82. The van der Waals surface area contributed by atoms with Crippen molar-refractivity contribution in [3.63, 3.8) is 0 Å². The maximum absolute atomic E-state index is 13.6. The van der Waals surface area contributed by atoms with E-state index >= 15 is 0 Å². The summed E-state index contributed by atoms with van der Waals surface area (Å²) in [5.41, 5.74) is 1.19. The van der Waals surface area contributed by atoms with Gasteiger partial charge in [0.15, 0.2) is 0 Å². The van der Waals surface area contributed by atoms with Gasteiger partial charge < -0.3 is 0 Å². The Morgan fingerprint density at radius 1 is 1.28 bits per heavy atom. The fourth-order valence-electron chi connectivity index (χ4n) is 2.79. The van der Waals surface area contributed by atoms with Gasteiger partial charge in [0.1, 0.15) is 11.9 Å². The van der Waals surface area contributed by atoms with Crippen molar-refractivity contribution in [2.24, 2.45) is 5.92 Å². The smallest absolute Gasteiger partial charge is 0.141 e. The molecular formula is C16H18FN. The maximum atomic E-state index is 13.6. The van der Waals surface area contributed by atoms with E-state index in [1.165, 1.54) is 12.8 Å². The second-order valence-electron chi connectivity index (χ2n) is 4.99. The molecule has 1 aliphatic rings. The third-order valence-electron chi connectivity index (χ3n) is 3.82. The van der Waals surface area contributed by atoms with Crippen molar-refractivity contribution in [1.29, 1.82) is 5.26 Å². The Kier molecular flexibility index (Phi) is 4.15. The number of halogens is 1. The maximum Gasteiger partial charge on any atom is 0.141 e. The van der Waals surface area contributed by atoms with Crippen LogP contribution in [-0.2, 0) is 0 Å². The average molecular weight is 243 g/mol. The number of rotatable bonds is 2. The number of benzene rings is 1. The van der Waals surface area contributed by atoms with E-state index in [0.29, 0.717) is 11.8 Å². The minimum atomic E-state index is -0.384. The molecule has 1 aliphatic carbocycles. The zero-order valence-electron chi connectivity index (χ0n) is 10.7. The normalized spacial score (nSPS) is 24.1. The van der Waals surface area contributed by atoms with Crippen LogP contribution < -0.4 is 0 Å². The number of nitrogens with zero attached hydrogens (tertiary/aromatic N) is 1. The minimum absolute atomic E-state index is 0.140. The predicted octanol–water partition coefficient (Wildman–Crippen LogP) is 4.55. The van der Waals surface area contributed by atoms with Gasteiger partial charge in [0.05, 0.1) is 5.56 Å². The van der Waals surface area contributed by atoms with Gasteiger partial charge in [0.2, 0.25) is 0 Å². The Morgan fingerprint density at radius 3 is 2.56 bits per heavy atom. The van der Waals surface area contributed by atoms with Gasteiger partial charge in [-0.1, -0.05) is 18.2 Å². The zero-order valence-corrected chi connectivity index (χ0v) is 10.7. The Bertz CT molecular complexity index is 476. The monoisotopic (exact) mass is 243 g/mol. The van der Waals surface area contributed by atoms with E-state index < -0.39 is 0 Å². The van der Waals surface area contributed by atoms with Gasteiger partial charge in [-0.15, -0.1) is 0 Å². The fourth-order valence-corrected chi connectivity index (χ4v) is 2.79. The van der Waals surface area contributed by atoms with E-state index in [9.17, 15) is 4.39 Å². The molecule has 0 aromatic heterocycles. The first-order chi connectivity index (χ1) is 8.74. The van der Waals surface area contributed by atoms with Crippen LogP contribution in [0.15, 0.2) is 30.4 Å². The lowest BCUT2D eigenvalue weighted by molar-refractivity contribution is 0.375. The molecule has 1 fully saturated rings. The molecule has 0 unspecified atom stereocenters. The molecule has 0 spiro atoms. The van der Waals surface area contributed by atoms with Crippen LogP contribution in [0.1, 0.15) is 49.7 Å². The first kappa shape index (κ1) is 12.8. The number of allylic oxidation sites excluding steroid dienone is 2. The molecular weight excluding hydrogens is 225 g/mol. The molecule has 2 heteroatoms. The van der Waals surface area contributed by atoms with Gasteiger partial charge in [-0.05, 0) is 62.1 Å². The topological polar surface area (TPSA) is 23.8 Å². The summed E-state index contributed by atoms with van der Waals surface area (Å²) in [6, 6.07) is 6.91. The largest absolute Gasteiger partial charge is 0.206 e. The van der Waals surface area contributed by atoms with Crippen LogP contribution in [0.3, 0.4) is 0 Å². The summed E-state index contributed by atoms with van der Waals surface area (Å²) in [4.78, 5) is 0. The predicted molar refractivity (Wildman–Crippen MR) is 70.6 cm³/mol. The highest BCUT2D eigenvalue weighted by atomic mass is 19.1. The minimum Gasteiger partial charge on any atom is -0.206 e. The van der Waals surface area contributed by atoms with Gasteiger partial charge >= 0.3 is 0 Å². The molecule has 0 N–H and O–H groups in total. The molecule has 0 heterocycles. The lowest BCUT2D eigenvalue weighted by atomic mass is 9.78. The molecule has 0 aliphatic heterocycles. The van der Waals surface area contributed by atoms with Crippen LogP contribution in [0, 0.1) is 23.1 Å². The summed E-state index contributed by atoms with van der Waals surface area (Å²) in [5.74, 6) is 0.758. The Labute approximate surface area is 108 Å². The molecule has 0 radical (unpaired) electrons. The highest BCUT2D eigenvalue weighted by Gasteiger charge is 2.21. The number of hydrogen-bond donors (Lipinski definition) is 0. The third kappa shape index (κ3) is 2.79. The molecule has 94 valence electrons. The van der Waals surface area contributed by atoms with Crippen molar-refractivity contribution < 1.29 is 4.39 Å². The molecule has 0 atom stereocenters. The number of nitriles is 1. The van der Waals surface area contributed by atoms with Crippen molar-refractivity contribution in [3.8, 4) is 6.07 Å². The summed E-state index contributed by atoms with van der Waals surface area (Å²) in [6.45, 7) is 2.06. The van der Waals surface area contributed by atoms with E-state index in [2.05, 4.69) is 19.1 Å². The Balaban J connectivity index is 2.06. The first-order valence-corrected chi connectivity index (χ1v) is 6.57. The highest BCUT2D eigenvalue weighted by Crippen LogP contribution is 2.36. The second-order valence-corrected chi connectivity index (χ2v) is 4.99. The van der Waals surface area contributed by atoms with Crippen molar-refractivity contribution in [2.75, 3.05) is 0 Å². The van der Waals surface area contributed by atoms with Gasteiger partial charge in [-0.2, -0.15) is 5.26 Å². The molecule has 1 aromatic carbocycles. The van der Waals surface area contributed by atoms with Gasteiger partial charge in [0, 0.05) is 0 Å². The molecule has 2 rings (SSSR count). The van der Waals surface area contributed by atoms with E-state index in [1.54, 1.807) is 12.1 Å². The summed E-state index contributed by atoms with van der Waals surface area (Å²) in [7, 11) is 0. The van der Waals surface area contributed by atoms with E-state index in [-0.39, 0.29) is 11.4 Å². The standard InChI is InChI=1S/C16H18FN/c1-2-3-12-4-6-13(7-5-12)14-8-9-15(11-18)16(17)10-14/h2-3,8-10,12-13H,4-7H2,1H3. The van der Waals surface area contributed by atoms with Crippen LogP contribution >= 0.6 is 0 Å². The van der Waals surface area contributed by atoms with E-state index in [1.807, 2.05) is 12.1 Å². The van der Waals surface area contributed by atoms with Crippen molar-refractivity contribution >= 4 is 0 Å². The van der Waals surface area contributed by atoms with Crippen LogP contribution in [-0.4, -0.2) is 0 Å². The fraction of sp³-hybridized carbons (Fsp3) is 0.438. The van der Waals surface area contributed by atoms with Crippen molar-refractivity contribution in [1.82, 2.24) is 0 Å². The summed E-state index contributed by atoms with van der Waals surface area (Å²) in [5, 5.41) is 8.72. The Morgan fingerprint density at radius 2 is 2.00 bits per heavy atom. The van der Waals surface area contributed by atoms with Gasteiger partial charge in [0.25, 0.3) is 0 Å². The zero-order chi connectivity index (χ0) is 13.0. The summed E-state index contributed by atoms with van der Waals surface area (Å²) >= 11 is 0. The lowest BCUT2D eigenvalue weighted by Crippen LogP contribution is -2.12.